The lowest BCUT2D eigenvalue weighted by molar-refractivity contribution is 0.0956. The lowest BCUT2D eigenvalue weighted by atomic mass is 10.0. The number of anilines is 1. The molecule has 3 rings (SSSR count). The van der Waals surface area contributed by atoms with Crippen LogP contribution in [0, 0.1) is 0 Å². The molecule has 1 saturated carbocycles. The fourth-order valence-electron chi connectivity index (χ4n) is 3.66. The first-order valence-corrected chi connectivity index (χ1v) is 13.8. The molecule has 1 N–H and O–H groups in total. The molecule has 5 nitrogen and oxygen atoms in total. The molecule has 0 aromatic heterocycles. The van der Waals surface area contributed by atoms with Crippen molar-refractivity contribution in [2.45, 2.75) is 43.9 Å². The molecule has 2 aromatic rings. The molecule has 0 unspecified atom stereocenters. The van der Waals surface area contributed by atoms with Gasteiger partial charge in [-0.05, 0) is 54.8 Å². The van der Waals surface area contributed by atoms with Gasteiger partial charge in [0, 0.05) is 28.1 Å². The topological polar surface area (TPSA) is 66.5 Å². The van der Waals surface area contributed by atoms with Crippen LogP contribution in [0.4, 0.5) is 5.69 Å². The van der Waals surface area contributed by atoms with Crippen molar-refractivity contribution in [1.29, 1.82) is 0 Å². The van der Waals surface area contributed by atoms with Gasteiger partial charge >= 0.3 is 0 Å². The fourth-order valence-corrected chi connectivity index (χ4v) is 5.89. The molecule has 2 aromatic carbocycles. The number of nitrogens with one attached hydrogen (secondary N) is 1. The van der Waals surface area contributed by atoms with Crippen LogP contribution in [-0.4, -0.2) is 38.1 Å². The number of carbonyl (C=O) groups excluding carboxylic acids is 1. The van der Waals surface area contributed by atoms with Crippen LogP contribution in [0.1, 0.15) is 48.0 Å². The highest BCUT2D eigenvalue weighted by molar-refractivity contribution is 7.99. The zero-order chi connectivity index (χ0) is 22.3. The van der Waals surface area contributed by atoms with Crippen molar-refractivity contribution in [3.05, 3.63) is 64.7 Å². The predicted molar refractivity (Wildman–Crippen MR) is 131 cm³/mol. The van der Waals surface area contributed by atoms with Gasteiger partial charge in [-0.2, -0.15) is 11.8 Å². The van der Waals surface area contributed by atoms with Gasteiger partial charge in [-0.3, -0.25) is 9.10 Å². The van der Waals surface area contributed by atoms with Crippen molar-refractivity contribution in [2.75, 3.05) is 22.9 Å². The van der Waals surface area contributed by atoms with E-state index in [4.69, 9.17) is 11.6 Å². The monoisotopic (exact) mass is 480 g/mol. The van der Waals surface area contributed by atoms with Gasteiger partial charge in [0.05, 0.1) is 18.5 Å². The summed E-state index contributed by atoms with van der Waals surface area (Å²) in [6.45, 7) is 0.827. The third-order valence-electron chi connectivity index (χ3n) is 5.35. The highest BCUT2D eigenvalue weighted by Gasteiger charge is 2.19. The fraction of sp³-hybridized carbons (Fsp3) is 0.435. The largest absolute Gasteiger partial charge is 0.351 e. The van der Waals surface area contributed by atoms with E-state index >= 15 is 0 Å². The van der Waals surface area contributed by atoms with E-state index < -0.39 is 10.0 Å². The Bertz CT molecular complexity index is 957. The molecular formula is C23H29ClN2O3S2. The second-order valence-electron chi connectivity index (χ2n) is 7.83. The third-order valence-corrected chi connectivity index (χ3v) is 8.13. The van der Waals surface area contributed by atoms with Crippen molar-refractivity contribution < 1.29 is 13.2 Å². The summed E-state index contributed by atoms with van der Waals surface area (Å²) in [7, 11) is -3.49. The average molecular weight is 481 g/mol. The van der Waals surface area contributed by atoms with Crippen molar-refractivity contribution in [2.24, 2.45) is 0 Å². The normalized spacial score (nSPS) is 14.9. The summed E-state index contributed by atoms with van der Waals surface area (Å²) in [5.41, 5.74) is 1.86. The number of rotatable bonds is 9. The molecule has 0 aliphatic heterocycles. The molecule has 1 aliphatic rings. The Morgan fingerprint density at radius 2 is 1.71 bits per heavy atom. The molecule has 0 radical (unpaired) electrons. The maximum Gasteiger partial charge on any atom is 0.251 e. The summed E-state index contributed by atoms with van der Waals surface area (Å²) in [6, 6.07) is 13.7. The number of amides is 1. The Morgan fingerprint density at radius 1 is 1.06 bits per heavy atom. The molecule has 0 atom stereocenters. The Hall–Kier alpha value is -1.70. The average Bonchev–Trinajstić information content (AvgIpc) is 2.76. The first-order valence-electron chi connectivity index (χ1n) is 10.5. The second kappa shape index (κ2) is 11.2. The standard InChI is InChI=1S/C23H29ClN2O3S2/c1-31(28,29)26(17-18-7-11-20(24)12-8-18)21-13-9-19(10-14-21)23(27)25-15-16-30-22-5-3-2-4-6-22/h7-14,22H,2-6,15-17H2,1H3,(H,25,27). The number of hydrogen-bond donors (Lipinski definition) is 1. The number of halogens is 1. The summed E-state index contributed by atoms with van der Waals surface area (Å²) in [6.07, 6.45) is 7.73. The van der Waals surface area contributed by atoms with E-state index in [9.17, 15) is 13.2 Å². The number of sulfonamides is 1. The number of thioether (sulfide) groups is 1. The highest BCUT2D eigenvalue weighted by atomic mass is 35.5. The van der Waals surface area contributed by atoms with Crippen molar-refractivity contribution >= 4 is 45.0 Å². The second-order valence-corrected chi connectivity index (χ2v) is 11.6. The quantitative estimate of drug-likeness (QED) is 0.507. The molecule has 0 spiro atoms. The zero-order valence-electron chi connectivity index (χ0n) is 17.7. The Morgan fingerprint density at radius 3 is 2.32 bits per heavy atom. The lowest BCUT2D eigenvalue weighted by Gasteiger charge is -2.23. The van der Waals surface area contributed by atoms with Crippen LogP contribution in [0.5, 0.6) is 0 Å². The summed E-state index contributed by atoms with van der Waals surface area (Å²) in [4.78, 5) is 12.4. The van der Waals surface area contributed by atoms with Crippen molar-refractivity contribution in [3.8, 4) is 0 Å². The Labute approximate surface area is 194 Å². The van der Waals surface area contributed by atoms with Gasteiger partial charge in [0.1, 0.15) is 0 Å². The van der Waals surface area contributed by atoms with Crippen LogP contribution < -0.4 is 9.62 Å². The first kappa shape index (κ1) is 24.0. The molecule has 0 saturated heterocycles. The van der Waals surface area contributed by atoms with E-state index in [1.165, 1.54) is 42.7 Å². The third kappa shape index (κ3) is 7.44. The van der Waals surface area contributed by atoms with E-state index in [-0.39, 0.29) is 12.5 Å². The Kier molecular flexibility index (Phi) is 8.69. The molecule has 8 heteroatoms. The van der Waals surface area contributed by atoms with Crippen molar-refractivity contribution in [1.82, 2.24) is 5.32 Å². The van der Waals surface area contributed by atoms with E-state index in [1.54, 1.807) is 48.5 Å². The maximum absolute atomic E-state index is 12.4. The van der Waals surface area contributed by atoms with Gasteiger partial charge in [-0.1, -0.05) is 43.0 Å². The van der Waals surface area contributed by atoms with Crippen LogP contribution in [0.3, 0.4) is 0 Å². The minimum Gasteiger partial charge on any atom is -0.351 e. The summed E-state index contributed by atoms with van der Waals surface area (Å²) in [5.74, 6) is 0.775. The molecule has 0 heterocycles. The summed E-state index contributed by atoms with van der Waals surface area (Å²) >= 11 is 7.87. The van der Waals surface area contributed by atoms with Gasteiger partial charge in [0.2, 0.25) is 10.0 Å². The van der Waals surface area contributed by atoms with Gasteiger partial charge in [0.15, 0.2) is 0 Å². The lowest BCUT2D eigenvalue weighted by Crippen LogP contribution is -2.29. The minimum atomic E-state index is -3.49. The van der Waals surface area contributed by atoms with E-state index in [0.29, 0.717) is 22.8 Å². The van der Waals surface area contributed by atoms with Crippen LogP contribution in [0.2, 0.25) is 5.02 Å². The minimum absolute atomic E-state index is 0.139. The molecule has 31 heavy (non-hydrogen) atoms. The van der Waals surface area contributed by atoms with Crippen LogP contribution in [0.25, 0.3) is 0 Å². The predicted octanol–water partition coefficient (Wildman–Crippen LogP) is 5.10. The maximum atomic E-state index is 12.4. The number of nitrogens with zero attached hydrogens (tertiary/aromatic N) is 1. The SMILES string of the molecule is CS(=O)(=O)N(Cc1ccc(Cl)cc1)c1ccc(C(=O)NCCSC2CCCCC2)cc1. The number of hydrogen-bond acceptors (Lipinski definition) is 4. The smallest absolute Gasteiger partial charge is 0.251 e. The van der Waals surface area contributed by atoms with Gasteiger partial charge in [-0.15, -0.1) is 0 Å². The molecule has 0 bridgehead atoms. The number of benzene rings is 2. The van der Waals surface area contributed by atoms with Gasteiger partial charge < -0.3 is 5.32 Å². The van der Waals surface area contributed by atoms with E-state index in [1.807, 2.05) is 11.8 Å². The molecule has 1 fully saturated rings. The Balaban J connectivity index is 1.57. The van der Waals surface area contributed by atoms with Crippen molar-refractivity contribution in [3.63, 3.8) is 0 Å². The summed E-state index contributed by atoms with van der Waals surface area (Å²) in [5, 5.41) is 4.29. The molecule has 1 aliphatic carbocycles. The van der Waals surface area contributed by atoms with Gasteiger partial charge in [0.25, 0.3) is 5.91 Å². The number of carbonyl (C=O) groups is 1. The van der Waals surface area contributed by atoms with E-state index in [2.05, 4.69) is 5.32 Å². The van der Waals surface area contributed by atoms with Crippen LogP contribution in [-0.2, 0) is 16.6 Å². The first-order chi connectivity index (χ1) is 14.8. The van der Waals surface area contributed by atoms with Crippen LogP contribution >= 0.6 is 23.4 Å². The van der Waals surface area contributed by atoms with Crippen LogP contribution in [0.15, 0.2) is 48.5 Å². The summed E-state index contributed by atoms with van der Waals surface area (Å²) < 4.78 is 26.0. The zero-order valence-corrected chi connectivity index (χ0v) is 20.1. The van der Waals surface area contributed by atoms with Gasteiger partial charge in [-0.25, -0.2) is 8.42 Å². The molecular weight excluding hydrogens is 452 g/mol. The van der Waals surface area contributed by atoms with E-state index in [0.717, 1.165) is 16.6 Å². The molecule has 1 amide bonds. The highest BCUT2D eigenvalue weighted by Crippen LogP contribution is 2.27. The molecule has 168 valence electrons.